The van der Waals surface area contributed by atoms with Crippen LogP contribution in [0.15, 0.2) is 12.2 Å². The Balaban J connectivity index is 2.24. The molecule has 0 aromatic carbocycles. The number of nitrogens with zero attached hydrogens (tertiary/aromatic N) is 1. The highest BCUT2D eigenvalue weighted by Crippen LogP contribution is 2.27. The van der Waals surface area contributed by atoms with Crippen LogP contribution in [0.5, 0.6) is 0 Å². The highest BCUT2D eigenvalue weighted by molar-refractivity contribution is 5.91. The third-order valence-electron chi connectivity index (χ3n) is 3.23. The number of hydrogen-bond donors (Lipinski definition) is 0. The van der Waals surface area contributed by atoms with Gasteiger partial charge < -0.3 is 9.47 Å². The Labute approximate surface area is 108 Å². The van der Waals surface area contributed by atoms with Crippen LogP contribution in [-0.2, 0) is 19.1 Å². The molecule has 1 aliphatic rings. The van der Waals surface area contributed by atoms with E-state index >= 15 is 0 Å². The third kappa shape index (κ3) is 4.49. The Kier molecular flexibility index (Phi) is 5.34. The molecule has 1 fully saturated rings. The van der Waals surface area contributed by atoms with Crippen molar-refractivity contribution in [3.8, 4) is 0 Å². The second-order valence-electron chi connectivity index (χ2n) is 4.93. The molecule has 0 atom stereocenters. The molecule has 5 nitrogen and oxygen atoms in total. The van der Waals surface area contributed by atoms with Crippen molar-refractivity contribution in [1.29, 1.82) is 0 Å². The van der Waals surface area contributed by atoms with Crippen molar-refractivity contribution in [3.05, 3.63) is 12.2 Å². The van der Waals surface area contributed by atoms with E-state index in [2.05, 4.69) is 23.5 Å². The SMILES string of the molecule is COC(=O)C=CC(=O)OCCN1CCCC1(C)C. The third-order valence-corrected chi connectivity index (χ3v) is 3.23. The highest BCUT2D eigenvalue weighted by atomic mass is 16.5. The molecule has 102 valence electrons. The standard InChI is InChI=1S/C13H21NO4/c1-13(2)7-4-8-14(13)9-10-18-12(16)6-5-11(15)17-3/h5-6H,4,7-10H2,1-3H3. The zero-order valence-electron chi connectivity index (χ0n) is 11.3. The van der Waals surface area contributed by atoms with E-state index in [1.807, 2.05) is 0 Å². The molecule has 0 aromatic heterocycles. The topological polar surface area (TPSA) is 55.8 Å². The summed E-state index contributed by atoms with van der Waals surface area (Å²) in [4.78, 5) is 24.3. The lowest BCUT2D eigenvalue weighted by Crippen LogP contribution is -2.40. The van der Waals surface area contributed by atoms with Crippen molar-refractivity contribution in [2.45, 2.75) is 32.2 Å². The molecule has 1 saturated heterocycles. The Morgan fingerprint density at radius 1 is 1.28 bits per heavy atom. The lowest BCUT2D eigenvalue weighted by Gasteiger charge is -2.31. The average molecular weight is 255 g/mol. The van der Waals surface area contributed by atoms with Crippen molar-refractivity contribution < 1.29 is 19.1 Å². The minimum absolute atomic E-state index is 0.189. The van der Waals surface area contributed by atoms with Gasteiger partial charge in [0.15, 0.2) is 0 Å². The molecule has 0 unspecified atom stereocenters. The molecular weight excluding hydrogens is 234 g/mol. The summed E-state index contributed by atoms with van der Waals surface area (Å²) in [6.07, 6.45) is 4.50. The van der Waals surface area contributed by atoms with Crippen LogP contribution in [-0.4, -0.2) is 49.2 Å². The zero-order valence-corrected chi connectivity index (χ0v) is 11.3. The van der Waals surface area contributed by atoms with Crippen LogP contribution in [0.1, 0.15) is 26.7 Å². The molecule has 0 bridgehead atoms. The number of rotatable bonds is 5. The lowest BCUT2D eigenvalue weighted by molar-refractivity contribution is -0.139. The van der Waals surface area contributed by atoms with Gasteiger partial charge in [0.25, 0.3) is 0 Å². The van der Waals surface area contributed by atoms with E-state index < -0.39 is 11.9 Å². The molecule has 0 saturated carbocycles. The second-order valence-corrected chi connectivity index (χ2v) is 4.93. The van der Waals surface area contributed by atoms with Gasteiger partial charge in [-0.2, -0.15) is 0 Å². The van der Waals surface area contributed by atoms with Gasteiger partial charge in [-0.3, -0.25) is 4.90 Å². The van der Waals surface area contributed by atoms with Crippen LogP contribution >= 0.6 is 0 Å². The average Bonchev–Trinajstić information content (AvgIpc) is 2.65. The Hall–Kier alpha value is -1.36. The summed E-state index contributed by atoms with van der Waals surface area (Å²) in [5.41, 5.74) is 0.189. The molecule has 0 aromatic rings. The maximum Gasteiger partial charge on any atom is 0.331 e. The van der Waals surface area contributed by atoms with Crippen molar-refractivity contribution in [3.63, 3.8) is 0 Å². The van der Waals surface area contributed by atoms with Gasteiger partial charge in [0.2, 0.25) is 0 Å². The smallest absolute Gasteiger partial charge is 0.331 e. The first-order valence-electron chi connectivity index (χ1n) is 6.13. The van der Waals surface area contributed by atoms with Gasteiger partial charge in [-0.25, -0.2) is 9.59 Å². The molecule has 0 spiro atoms. The van der Waals surface area contributed by atoms with Crippen molar-refractivity contribution in [2.75, 3.05) is 26.8 Å². The first kappa shape index (κ1) is 14.7. The second kappa shape index (κ2) is 6.54. The Bertz CT molecular complexity index is 336. The summed E-state index contributed by atoms with van der Waals surface area (Å²) in [6, 6.07) is 0. The number of likely N-dealkylation sites (tertiary alicyclic amines) is 1. The fourth-order valence-electron chi connectivity index (χ4n) is 2.09. The first-order chi connectivity index (χ1) is 8.45. The van der Waals surface area contributed by atoms with Gasteiger partial charge >= 0.3 is 11.9 Å². The summed E-state index contributed by atoms with van der Waals surface area (Å²) in [6.45, 7) is 6.50. The largest absolute Gasteiger partial charge is 0.466 e. The fraction of sp³-hybridized carbons (Fsp3) is 0.692. The van der Waals surface area contributed by atoms with Gasteiger partial charge in [0.1, 0.15) is 6.61 Å². The molecule has 1 aliphatic heterocycles. The predicted molar refractivity (Wildman–Crippen MR) is 67.0 cm³/mol. The molecule has 0 N–H and O–H groups in total. The van der Waals surface area contributed by atoms with Crippen LogP contribution in [0.3, 0.4) is 0 Å². The maximum absolute atomic E-state index is 11.3. The minimum atomic E-state index is -0.562. The summed E-state index contributed by atoms with van der Waals surface area (Å²) in [5, 5.41) is 0. The molecule has 0 aliphatic carbocycles. The van der Waals surface area contributed by atoms with Crippen molar-refractivity contribution in [2.24, 2.45) is 0 Å². The van der Waals surface area contributed by atoms with Gasteiger partial charge in [0.05, 0.1) is 7.11 Å². The van der Waals surface area contributed by atoms with E-state index in [1.165, 1.54) is 20.0 Å². The number of carbonyl (C=O) groups excluding carboxylic acids is 2. The fourth-order valence-corrected chi connectivity index (χ4v) is 2.09. The molecule has 1 heterocycles. The van der Waals surface area contributed by atoms with E-state index in [0.29, 0.717) is 6.61 Å². The van der Waals surface area contributed by atoms with Gasteiger partial charge in [-0.15, -0.1) is 0 Å². The number of esters is 2. The predicted octanol–water partition coefficient (Wildman–Crippen LogP) is 1.13. The van der Waals surface area contributed by atoms with E-state index in [0.717, 1.165) is 25.2 Å². The van der Waals surface area contributed by atoms with Crippen molar-refractivity contribution in [1.82, 2.24) is 4.90 Å². The monoisotopic (exact) mass is 255 g/mol. The summed E-state index contributed by atoms with van der Waals surface area (Å²) in [7, 11) is 1.26. The normalized spacial score (nSPS) is 19.1. The molecule has 1 rings (SSSR count). The zero-order chi connectivity index (χ0) is 13.6. The van der Waals surface area contributed by atoms with Gasteiger partial charge in [-0.1, -0.05) is 0 Å². The van der Waals surface area contributed by atoms with Crippen LogP contribution in [0.4, 0.5) is 0 Å². The minimum Gasteiger partial charge on any atom is -0.466 e. The van der Waals surface area contributed by atoms with Crippen LogP contribution < -0.4 is 0 Å². The van der Waals surface area contributed by atoms with E-state index in [-0.39, 0.29) is 5.54 Å². The number of methoxy groups -OCH3 is 1. The Morgan fingerprint density at radius 2 is 1.94 bits per heavy atom. The number of carbonyl (C=O) groups is 2. The number of ether oxygens (including phenoxy) is 2. The molecule has 0 radical (unpaired) electrons. The lowest BCUT2D eigenvalue weighted by atomic mass is 10.0. The van der Waals surface area contributed by atoms with Gasteiger partial charge in [0, 0.05) is 24.2 Å². The summed E-state index contributed by atoms with van der Waals surface area (Å²) >= 11 is 0. The quantitative estimate of drug-likeness (QED) is 0.544. The van der Waals surface area contributed by atoms with E-state index in [9.17, 15) is 9.59 Å². The maximum atomic E-state index is 11.3. The molecule has 18 heavy (non-hydrogen) atoms. The van der Waals surface area contributed by atoms with Crippen LogP contribution in [0, 0.1) is 0 Å². The highest BCUT2D eigenvalue weighted by Gasteiger charge is 2.31. The van der Waals surface area contributed by atoms with Crippen LogP contribution in [0.25, 0.3) is 0 Å². The molecular formula is C13H21NO4. The molecule has 5 heteroatoms. The molecule has 0 amide bonds. The van der Waals surface area contributed by atoms with E-state index in [1.54, 1.807) is 0 Å². The summed E-state index contributed by atoms with van der Waals surface area (Å²) < 4.78 is 9.39. The summed E-state index contributed by atoms with van der Waals surface area (Å²) in [5.74, 6) is -1.08. The van der Waals surface area contributed by atoms with Crippen molar-refractivity contribution >= 4 is 11.9 Å². The van der Waals surface area contributed by atoms with Gasteiger partial charge in [-0.05, 0) is 33.2 Å². The Morgan fingerprint density at radius 3 is 2.50 bits per heavy atom. The first-order valence-corrected chi connectivity index (χ1v) is 6.13. The van der Waals surface area contributed by atoms with Crippen LogP contribution in [0.2, 0.25) is 0 Å². The van der Waals surface area contributed by atoms with E-state index in [4.69, 9.17) is 4.74 Å². The number of hydrogen-bond acceptors (Lipinski definition) is 5.